The van der Waals surface area contributed by atoms with Gasteiger partial charge < -0.3 is 28.8 Å². The van der Waals surface area contributed by atoms with E-state index in [2.05, 4.69) is 0 Å². The van der Waals surface area contributed by atoms with Gasteiger partial charge in [0.1, 0.15) is 23.9 Å². The Morgan fingerprint density at radius 3 is 1.63 bits per heavy atom. The van der Waals surface area contributed by atoms with Gasteiger partial charge in [-0.15, -0.1) is 11.8 Å². The molecule has 0 saturated carbocycles. The number of ether oxygens (including phenoxy) is 5. The molecule has 1 N–H and O–H groups in total. The first-order chi connectivity index (χ1) is 26.1. The zero-order valence-electron chi connectivity index (χ0n) is 30.8. The molecule has 0 amide bonds. The van der Waals surface area contributed by atoms with E-state index in [1.807, 2.05) is 121 Å². The summed E-state index contributed by atoms with van der Waals surface area (Å²) in [5, 5.41) is 13.0. The van der Waals surface area contributed by atoms with E-state index >= 15 is 0 Å². The molecule has 0 aromatic heterocycles. The quantitative estimate of drug-likeness (QED) is 0.106. The van der Waals surface area contributed by atoms with Gasteiger partial charge in [0.25, 0.3) is 0 Å². The fourth-order valence-electron chi connectivity index (χ4n) is 6.32. The second-order valence-electron chi connectivity index (χ2n) is 14.3. The molecule has 6 rings (SSSR count). The Kier molecular flexibility index (Phi) is 13.6. The molecule has 5 aromatic rings. The van der Waals surface area contributed by atoms with Gasteiger partial charge in [-0.3, -0.25) is 0 Å². The first-order valence-corrected chi connectivity index (χ1v) is 19.4. The predicted octanol–water partition coefficient (Wildman–Crippen LogP) is 9.53. The summed E-state index contributed by atoms with van der Waals surface area (Å²) in [5.41, 5.74) is 3.70. The highest BCUT2D eigenvalue weighted by Gasteiger charge is 2.57. The number of benzene rings is 5. The SMILES string of the molecule is CC(C)(C)OC(=O)c1cc(C2(O)S[C@H](COCc3ccccc3)[C@@H](OCc3ccccc3)[C@H](OCc3ccccc3)[C@H]2OCc2ccccc2)ccc1Cl. The van der Waals surface area contributed by atoms with E-state index < -0.39 is 40.1 Å². The van der Waals surface area contributed by atoms with Crippen LogP contribution < -0.4 is 0 Å². The molecule has 1 heterocycles. The summed E-state index contributed by atoms with van der Waals surface area (Å²) in [4.78, 5) is 11.7. The number of rotatable bonds is 15. The van der Waals surface area contributed by atoms with Crippen LogP contribution in [0, 0.1) is 0 Å². The highest BCUT2D eigenvalue weighted by Crippen LogP contribution is 2.51. The van der Waals surface area contributed by atoms with Gasteiger partial charge in [0.2, 0.25) is 0 Å². The molecule has 5 atom stereocenters. The Labute approximate surface area is 327 Å². The summed E-state index contributed by atoms with van der Waals surface area (Å²) >= 11 is 7.90. The lowest BCUT2D eigenvalue weighted by atomic mass is 9.92. The van der Waals surface area contributed by atoms with Crippen molar-refractivity contribution in [2.45, 2.75) is 81.3 Å². The van der Waals surface area contributed by atoms with Crippen molar-refractivity contribution in [2.75, 3.05) is 6.61 Å². The van der Waals surface area contributed by atoms with Crippen molar-refractivity contribution in [3.05, 3.63) is 178 Å². The van der Waals surface area contributed by atoms with Crippen LogP contribution in [0.3, 0.4) is 0 Å². The normalized spacial score (nSPS) is 21.4. The minimum atomic E-state index is -1.76. The van der Waals surface area contributed by atoms with Gasteiger partial charge in [0.05, 0.1) is 48.9 Å². The van der Waals surface area contributed by atoms with Crippen LogP contribution in [0.1, 0.15) is 58.9 Å². The molecule has 1 aliphatic heterocycles. The Morgan fingerprint density at radius 2 is 1.13 bits per heavy atom. The number of carbonyl (C=O) groups is 1. The summed E-state index contributed by atoms with van der Waals surface area (Å²) in [5.74, 6) is -0.593. The van der Waals surface area contributed by atoms with Crippen molar-refractivity contribution in [1.29, 1.82) is 0 Å². The number of esters is 1. The van der Waals surface area contributed by atoms with Crippen molar-refractivity contribution in [2.24, 2.45) is 0 Å². The summed E-state index contributed by atoms with van der Waals surface area (Å²) in [7, 11) is 0. The average molecular weight is 767 g/mol. The molecule has 0 aliphatic carbocycles. The largest absolute Gasteiger partial charge is 0.456 e. The van der Waals surface area contributed by atoms with Crippen LogP contribution in [0.25, 0.3) is 0 Å². The molecule has 1 saturated heterocycles. The lowest BCUT2D eigenvalue weighted by molar-refractivity contribution is -0.199. The third kappa shape index (κ3) is 10.6. The molecule has 282 valence electrons. The van der Waals surface area contributed by atoms with Crippen LogP contribution in [-0.4, -0.2) is 46.8 Å². The maximum atomic E-state index is 13.5. The standard InChI is InChI=1S/C45H47ClO7S/c1-44(2,3)53-43(47)37-26-36(24-25-38(37)46)45(48)42(52-30-35-22-14-7-15-23-35)41(51-29-34-20-12-6-13-21-34)40(50-28-33-18-10-5-11-19-33)39(54-45)31-49-27-32-16-8-4-9-17-32/h4-26,39-42,48H,27-31H2,1-3H3/t39-,40-,41+,42-,45?/m1/s1. The first kappa shape index (κ1) is 39.7. The van der Waals surface area contributed by atoms with Gasteiger partial charge in [0.15, 0.2) is 4.93 Å². The molecule has 1 aliphatic rings. The molecule has 0 radical (unpaired) electrons. The Hall–Kier alpha value is -3.99. The van der Waals surface area contributed by atoms with E-state index in [1.165, 1.54) is 11.8 Å². The topological polar surface area (TPSA) is 83.5 Å². The van der Waals surface area contributed by atoms with E-state index in [0.717, 1.165) is 22.3 Å². The summed E-state index contributed by atoms with van der Waals surface area (Å²) in [6, 6.07) is 44.5. The molecule has 0 bridgehead atoms. The molecule has 5 aromatic carbocycles. The summed E-state index contributed by atoms with van der Waals surface area (Å²) < 4.78 is 32.6. The zero-order valence-corrected chi connectivity index (χ0v) is 32.4. The molecular weight excluding hydrogens is 720 g/mol. The van der Waals surface area contributed by atoms with Crippen molar-refractivity contribution >= 4 is 29.3 Å². The summed E-state index contributed by atoms with van der Waals surface area (Å²) in [6.07, 6.45) is -2.37. The number of thioether (sulfide) groups is 1. The zero-order chi connectivity index (χ0) is 38.0. The molecular formula is C45H47ClO7S. The second-order valence-corrected chi connectivity index (χ2v) is 16.2. The van der Waals surface area contributed by atoms with Crippen molar-refractivity contribution in [1.82, 2.24) is 0 Å². The lowest BCUT2D eigenvalue weighted by Gasteiger charge is -2.50. The van der Waals surface area contributed by atoms with Crippen LogP contribution in [-0.2, 0) is 55.0 Å². The summed E-state index contributed by atoms with van der Waals surface area (Å²) in [6.45, 7) is 6.72. The number of hydrogen-bond acceptors (Lipinski definition) is 8. The van der Waals surface area contributed by atoms with Crippen LogP contribution in [0.5, 0.6) is 0 Å². The maximum Gasteiger partial charge on any atom is 0.340 e. The molecule has 7 nitrogen and oxygen atoms in total. The third-order valence-corrected chi connectivity index (χ3v) is 10.8. The number of hydrogen-bond donors (Lipinski definition) is 1. The van der Waals surface area contributed by atoms with Gasteiger partial charge in [0, 0.05) is 0 Å². The maximum absolute atomic E-state index is 13.5. The van der Waals surface area contributed by atoms with Crippen LogP contribution >= 0.6 is 23.4 Å². The van der Waals surface area contributed by atoms with Gasteiger partial charge in [-0.2, -0.15) is 0 Å². The number of carbonyl (C=O) groups excluding carboxylic acids is 1. The monoisotopic (exact) mass is 766 g/mol. The average Bonchev–Trinajstić information content (AvgIpc) is 3.17. The van der Waals surface area contributed by atoms with Crippen molar-refractivity contribution in [3.8, 4) is 0 Å². The Morgan fingerprint density at radius 1 is 0.667 bits per heavy atom. The van der Waals surface area contributed by atoms with Gasteiger partial charge in [-0.05, 0) is 60.7 Å². The molecule has 1 fully saturated rings. The predicted molar refractivity (Wildman–Crippen MR) is 213 cm³/mol. The van der Waals surface area contributed by atoms with Gasteiger partial charge in [-0.1, -0.05) is 139 Å². The number of aliphatic hydroxyl groups is 1. The van der Waals surface area contributed by atoms with Crippen LogP contribution in [0.15, 0.2) is 140 Å². The van der Waals surface area contributed by atoms with Gasteiger partial charge >= 0.3 is 5.97 Å². The molecule has 1 unspecified atom stereocenters. The lowest BCUT2D eigenvalue weighted by Crippen LogP contribution is -2.61. The van der Waals surface area contributed by atoms with E-state index in [-0.39, 0.29) is 30.4 Å². The van der Waals surface area contributed by atoms with E-state index in [0.29, 0.717) is 18.8 Å². The van der Waals surface area contributed by atoms with Crippen molar-refractivity contribution in [3.63, 3.8) is 0 Å². The van der Waals surface area contributed by atoms with Gasteiger partial charge in [-0.25, -0.2) is 4.79 Å². The molecule has 9 heteroatoms. The smallest absolute Gasteiger partial charge is 0.340 e. The molecule has 54 heavy (non-hydrogen) atoms. The minimum absolute atomic E-state index is 0.140. The van der Waals surface area contributed by atoms with E-state index in [4.69, 9.17) is 35.3 Å². The first-order valence-electron chi connectivity index (χ1n) is 18.1. The Bertz CT molecular complexity index is 1910. The Balaban J connectivity index is 1.43. The molecule has 0 spiro atoms. The van der Waals surface area contributed by atoms with Crippen LogP contribution in [0.4, 0.5) is 0 Å². The highest BCUT2D eigenvalue weighted by molar-refractivity contribution is 8.00. The highest BCUT2D eigenvalue weighted by atomic mass is 35.5. The third-order valence-electron chi connectivity index (χ3n) is 8.94. The second kappa shape index (κ2) is 18.6. The van der Waals surface area contributed by atoms with Crippen molar-refractivity contribution < 1.29 is 33.6 Å². The number of halogens is 1. The van der Waals surface area contributed by atoms with E-state index in [1.54, 1.807) is 39.0 Å². The fourth-order valence-corrected chi connectivity index (χ4v) is 8.11. The van der Waals surface area contributed by atoms with Crippen LogP contribution in [0.2, 0.25) is 5.02 Å². The van der Waals surface area contributed by atoms with E-state index in [9.17, 15) is 9.90 Å². The fraction of sp³-hybridized carbons (Fsp3) is 0.311. The minimum Gasteiger partial charge on any atom is -0.456 e.